The zero-order valence-electron chi connectivity index (χ0n) is 14.7. The summed E-state index contributed by atoms with van der Waals surface area (Å²) < 4.78 is 20.4. The van der Waals surface area contributed by atoms with E-state index in [1.807, 2.05) is 6.92 Å². The third-order valence-corrected chi connectivity index (χ3v) is 4.42. The first-order chi connectivity index (χ1) is 12.4. The number of carbonyl (C=O) groups is 1. The van der Waals surface area contributed by atoms with E-state index in [4.69, 9.17) is 4.74 Å². The summed E-state index contributed by atoms with van der Waals surface area (Å²) in [6.45, 7) is 2.86. The average molecular weight is 360 g/mol. The van der Waals surface area contributed by atoms with Crippen LogP contribution in [0.1, 0.15) is 18.4 Å². The molecular formula is C18H21FN4O3. The summed E-state index contributed by atoms with van der Waals surface area (Å²) in [6, 6.07) is 5.62. The maximum atomic E-state index is 13.4. The number of anilines is 1. The van der Waals surface area contributed by atoms with Gasteiger partial charge in [-0.1, -0.05) is 6.07 Å². The van der Waals surface area contributed by atoms with Gasteiger partial charge in [0, 0.05) is 45.2 Å². The Bertz CT molecular complexity index is 860. The number of benzene rings is 1. The lowest BCUT2D eigenvalue weighted by atomic mass is 10.1. The molecule has 1 aromatic heterocycles. The molecule has 2 aromatic rings. The number of hydrogen-bond donors (Lipinski definition) is 1. The summed E-state index contributed by atoms with van der Waals surface area (Å²) in [6.07, 6.45) is 2.65. The van der Waals surface area contributed by atoms with Crippen molar-refractivity contribution in [1.29, 1.82) is 0 Å². The summed E-state index contributed by atoms with van der Waals surface area (Å²) in [4.78, 5) is 25.9. The fraction of sp³-hybridized carbons (Fsp3) is 0.389. The van der Waals surface area contributed by atoms with Gasteiger partial charge in [0.05, 0.1) is 0 Å². The van der Waals surface area contributed by atoms with E-state index in [1.165, 1.54) is 31.4 Å². The molecule has 2 amide bonds. The Morgan fingerprint density at radius 1 is 1.31 bits per heavy atom. The van der Waals surface area contributed by atoms with Crippen molar-refractivity contribution in [2.24, 2.45) is 7.05 Å². The highest BCUT2D eigenvalue weighted by Gasteiger charge is 2.25. The summed E-state index contributed by atoms with van der Waals surface area (Å²) in [5, 5.41) is 6.44. The topological polar surface area (TPSA) is 76.5 Å². The predicted octanol–water partition coefficient (Wildman–Crippen LogP) is 2.30. The Morgan fingerprint density at radius 3 is 2.77 bits per heavy atom. The molecule has 3 rings (SSSR count). The number of ether oxygens (including phenoxy) is 1. The van der Waals surface area contributed by atoms with Gasteiger partial charge in [-0.15, -0.1) is 0 Å². The van der Waals surface area contributed by atoms with Gasteiger partial charge in [0.2, 0.25) is 0 Å². The molecule has 0 saturated carbocycles. The third-order valence-electron chi connectivity index (χ3n) is 4.42. The minimum atomic E-state index is -0.361. The van der Waals surface area contributed by atoms with E-state index in [1.54, 1.807) is 11.0 Å². The first-order valence-electron chi connectivity index (χ1n) is 8.45. The van der Waals surface area contributed by atoms with Crippen molar-refractivity contribution >= 4 is 11.7 Å². The molecule has 2 heterocycles. The molecule has 1 aliphatic heterocycles. The molecule has 0 atom stereocenters. The molecule has 1 aliphatic rings. The fourth-order valence-corrected chi connectivity index (χ4v) is 2.85. The van der Waals surface area contributed by atoms with E-state index in [2.05, 4.69) is 10.4 Å². The molecule has 7 nitrogen and oxygen atoms in total. The number of hydrogen-bond acceptors (Lipinski definition) is 4. The quantitative estimate of drug-likeness (QED) is 0.911. The Hall–Kier alpha value is -2.90. The minimum absolute atomic E-state index is 0.0756. The molecule has 1 saturated heterocycles. The van der Waals surface area contributed by atoms with Crippen LogP contribution < -0.4 is 15.6 Å². The highest BCUT2D eigenvalue weighted by molar-refractivity contribution is 5.89. The van der Waals surface area contributed by atoms with E-state index >= 15 is 0 Å². The van der Waals surface area contributed by atoms with Crippen LogP contribution in [0.2, 0.25) is 0 Å². The van der Waals surface area contributed by atoms with Gasteiger partial charge in [0.25, 0.3) is 5.56 Å². The zero-order chi connectivity index (χ0) is 18.7. The van der Waals surface area contributed by atoms with Gasteiger partial charge in [0.1, 0.15) is 23.4 Å². The lowest BCUT2D eigenvalue weighted by Gasteiger charge is -2.32. The number of amides is 2. The van der Waals surface area contributed by atoms with Crippen molar-refractivity contribution in [2.75, 3.05) is 18.4 Å². The summed E-state index contributed by atoms with van der Waals surface area (Å²) >= 11 is 0. The van der Waals surface area contributed by atoms with E-state index in [-0.39, 0.29) is 29.2 Å². The second-order valence-corrected chi connectivity index (χ2v) is 6.32. The number of carbonyl (C=O) groups excluding carboxylic acids is 1. The van der Waals surface area contributed by atoms with Gasteiger partial charge < -0.3 is 15.0 Å². The average Bonchev–Trinajstić information content (AvgIpc) is 2.62. The van der Waals surface area contributed by atoms with Gasteiger partial charge >= 0.3 is 6.03 Å². The first kappa shape index (κ1) is 17.9. The fourth-order valence-electron chi connectivity index (χ4n) is 2.85. The molecule has 1 fully saturated rings. The molecule has 0 aliphatic carbocycles. The molecule has 1 aromatic carbocycles. The van der Waals surface area contributed by atoms with Crippen molar-refractivity contribution in [2.45, 2.75) is 25.9 Å². The van der Waals surface area contributed by atoms with Gasteiger partial charge in [-0.2, -0.15) is 5.10 Å². The van der Waals surface area contributed by atoms with Crippen LogP contribution in [0.4, 0.5) is 14.9 Å². The molecule has 0 unspecified atom stereocenters. The van der Waals surface area contributed by atoms with Crippen molar-refractivity contribution in [3.63, 3.8) is 0 Å². The number of nitrogens with one attached hydrogen (secondary N) is 1. The number of nitrogens with zero attached hydrogens (tertiary/aromatic N) is 3. The number of piperidine rings is 1. The molecule has 138 valence electrons. The van der Waals surface area contributed by atoms with E-state index in [9.17, 15) is 14.0 Å². The molecular weight excluding hydrogens is 339 g/mol. The maximum Gasteiger partial charge on any atom is 0.321 e. The van der Waals surface area contributed by atoms with Gasteiger partial charge in [-0.05, 0) is 24.6 Å². The lowest BCUT2D eigenvalue weighted by Crippen LogP contribution is -2.44. The number of urea groups is 1. The number of aromatic nitrogens is 2. The SMILES string of the molecule is Cc1ccc(F)cc1OC1CCN(C(=O)Nc2ccnn(C)c2=O)CC1. The molecule has 1 N–H and O–H groups in total. The number of halogens is 1. The van der Waals surface area contributed by atoms with Crippen LogP contribution in [0.3, 0.4) is 0 Å². The molecule has 8 heteroatoms. The van der Waals surface area contributed by atoms with Crippen LogP contribution in [-0.2, 0) is 7.05 Å². The standard InChI is InChI=1S/C18H21FN4O3/c1-12-3-4-13(19)11-16(12)26-14-6-9-23(10-7-14)18(25)21-15-5-8-20-22(2)17(15)24/h3-5,8,11,14H,6-7,9-10H2,1-2H3,(H,21,25). The zero-order valence-corrected chi connectivity index (χ0v) is 14.7. The highest BCUT2D eigenvalue weighted by atomic mass is 19.1. The monoisotopic (exact) mass is 360 g/mol. The van der Waals surface area contributed by atoms with Crippen molar-refractivity contribution in [3.05, 3.63) is 52.2 Å². The Labute approximate surface area is 150 Å². The molecule has 0 radical (unpaired) electrons. The van der Waals surface area contributed by atoms with Crippen LogP contribution in [-0.4, -0.2) is 39.9 Å². The van der Waals surface area contributed by atoms with E-state index in [0.29, 0.717) is 31.7 Å². The second-order valence-electron chi connectivity index (χ2n) is 6.32. The molecule has 0 spiro atoms. The van der Waals surface area contributed by atoms with Crippen LogP contribution in [0, 0.1) is 12.7 Å². The minimum Gasteiger partial charge on any atom is -0.490 e. The second kappa shape index (κ2) is 7.55. The summed E-state index contributed by atoms with van der Waals surface area (Å²) in [5.74, 6) is 0.203. The van der Waals surface area contributed by atoms with Gasteiger partial charge in [-0.25, -0.2) is 13.9 Å². The third kappa shape index (κ3) is 4.01. The maximum absolute atomic E-state index is 13.4. The van der Waals surface area contributed by atoms with Crippen LogP contribution >= 0.6 is 0 Å². The van der Waals surface area contributed by atoms with Crippen LogP contribution in [0.5, 0.6) is 5.75 Å². The molecule has 0 bridgehead atoms. The Morgan fingerprint density at radius 2 is 2.04 bits per heavy atom. The van der Waals surface area contributed by atoms with Crippen LogP contribution in [0.25, 0.3) is 0 Å². The molecule has 26 heavy (non-hydrogen) atoms. The smallest absolute Gasteiger partial charge is 0.321 e. The van der Waals surface area contributed by atoms with E-state index < -0.39 is 0 Å². The lowest BCUT2D eigenvalue weighted by molar-refractivity contribution is 0.114. The normalized spacial score (nSPS) is 15.0. The van der Waals surface area contributed by atoms with Gasteiger partial charge in [0.15, 0.2) is 0 Å². The van der Waals surface area contributed by atoms with Gasteiger partial charge in [-0.3, -0.25) is 4.79 Å². The summed E-state index contributed by atoms with van der Waals surface area (Å²) in [5.41, 5.74) is 0.710. The number of likely N-dealkylation sites (tertiary alicyclic amines) is 1. The Balaban J connectivity index is 1.56. The number of rotatable bonds is 3. The first-order valence-corrected chi connectivity index (χ1v) is 8.45. The van der Waals surface area contributed by atoms with Crippen LogP contribution in [0.15, 0.2) is 35.3 Å². The summed E-state index contributed by atoms with van der Waals surface area (Å²) in [7, 11) is 1.52. The largest absolute Gasteiger partial charge is 0.490 e. The highest BCUT2D eigenvalue weighted by Crippen LogP contribution is 2.23. The van der Waals surface area contributed by atoms with Crippen molar-refractivity contribution in [3.8, 4) is 5.75 Å². The van der Waals surface area contributed by atoms with Crippen molar-refractivity contribution < 1.29 is 13.9 Å². The Kier molecular flexibility index (Phi) is 5.20. The van der Waals surface area contributed by atoms with E-state index in [0.717, 1.165) is 10.2 Å². The predicted molar refractivity (Wildman–Crippen MR) is 94.9 cm³/mol. The van der Waals surface area contributed by atoms with Crippen molar-refractivity contribution in [1.82, 2.24) is 14.7 Å². The number of aryl methyl sites for hydroxylation is 2.